The lowest BCUT2D eigenvalue weighted by Gasteiger charge is -2.28. The Morgan fingerprint density at radius 3 is 2.73 bits per heavy atom. The average Bonchev–Trinajstić information content (AvgIpc) is 3.57. The lowest BCUT2D eigenvalue weighted by Crippen LogP contribution is -2.36. The number of phenols is 1. The van der Waals surface area contributed by atoms with Crippen LogP contribution in [0.2, 0.25) is 5.02 Å². The van der Waals surface area contributed by atoms with E-state index in [-0.39, 0.29) is 39.3 Å². The zero-order chi connectivity index (χ0) is 28.1. The van der Waals surface area contributed by atoms with Crippen LogP contribution >= 0.6 is 11.6 Å². The number of pyridine rings is 1. The normalized spacial score (nSPS) is 15.1. The fourth-order valence-corrected chi connectivity index (χ4v) is 5.38. The molecule has 0 bridgehead atoms. The number of fused-ring (bicyclic) bond motifs is 2. The number of aromatic nitrogens is 4. The van der Waals surface area contributed by atoms with E-state index in [0.717, 1.165) is 6.42 Å². The Morgan fingerprint density at radius 1 is 1.18 bits per heavy atom. The van der Waals surface area contributed by atoms with Crippen molar-refractivity contribution in [3.05, 3.63) is 62.9 Å². The van der Waals surface area contributed by atoms with Crippen molar-refractivity contribution < 1.29 is 23.4 Å². The SMILES string of the molecule is Cc1cc(-c2cn(CC(=O)Nc3cc(N4CCOCC4)ncc3Cl)c3nc4n(c(=O)c23)CCC4)c(F)c(F)c1O. The number of nitrogens with zero attached hydrogens (tertiary/aromatic N) is 5. The number of benzene rings is 1. The van der Waals surface area contributed by atoms with Gasteiger partial charge >= 0.3 is 0 Å². The monoisotopic (exact) mass is 570 g/mol. The minimum absolute atomic E-state index is 0.0680. The van der Waals surface area contributed by atoms with E-state index in [1.807, 2.05) is 4.90 Å². The molecule has 1 saturated heterocycles. The number of carbonyl (C=O) groups excluding carboxylic acids is 1. The molecule has 2 N–H and O–H groups in total. The summed E-state index contributed by atoms with van der Waals surface area (Å²) in [6.45, 7) is 4.05. The third-order valence-corrected chi connectivity index (χ3v) is 7.56. The molecule has 13 heteroatoms. The molecule has 4 aromatic rings. The van der Waals surface area contributed by atoms with Crippen molar-refractivity contribution in [2.24, 2.45) is 0 Å². The summed E-state index contributed by atoms with van der Waals surface area (Å²) in [7, 11) is 0. The van der Waals surface area contributed by atoms with Crippen LogP contribution in [0.15, 0.2) is 29.3 Å². The average molecular weight is 571 g/mol. The molecule has 3 aromatic heterocycles. The van der Waals surface area contributed by atoms with Gasteiger partial charge in [-0.25, -0.2) is 14.4 Å². The van der Waals surface area contributed by atoms with Gasteiger partial charge < -0.3 is 24.6 Å². The highest BCUT2D eigenvalue weighted by Gasteiger charge is 2.26. The number of rotatable bonds is 5. The maximum atomic E-state index is 15.1. The first-order valence-electron chi connectivity index (χ1n) is 12.8. The lowest BCUT2D eigenvalue weighted by molar-refractivity contribution is -0.116. The van der Waals surface area contributed by atoms with E-state index < -0.39 is 28.9 Å². The lowest BCUT2D eigenvalue weighted by atomic mass is 10.0. The predicted octanol–water partition coefficient (Wildman–Crippen LogP) is 3.63. The van der Waals surface area contributed by atoms with Crippen LogP contribution in [0.4, 0.5) is 20.3 Å². The molecule has 1 amide bonds. The number of hydrogen-bond acceptors (Lipinski definition) is 7. The van der Waals surface area contributed by atoms with E-state index >= 15 is 4.39 Å². The predicted molar refractivity (Wildman–Crippen MR) is 145 cm³/mol. The van der Waals surface area contributed by atoms with E-state index in [4.69, 9.17) is 16.3 Å². The fraction of sp³-hybridized carbons (Fsp3) is 0.333. The van der Waals surface area contributed by atoms with E-state index in [2.05, 4.69) is 15.3 Å². The van der Waals surface area contributed by atoms with Crippen LogP contribution < -0.4 is 15.8 Å². The second-order valence-electron chi connectivity index (χ2n) is 9.85. The van der Waals surface area contributed by atoms with Gasteiger partial charge in [0.2, 0.25) is 11.7 Å². The number of carbonyl (C=O) groups is 1. The second kappa shape index (κ2) is 10.2. The summed E-state index contributed by atoms with van der Waals surface area (Å²) in [5.41, 5.74) is 0.120. The summed E-state index contributed by atoms with van der Waals surface area (Å²) in [6.07, 6.45) is 4.17. The van der Waals surface area contributed by atoms with Gasteiger partial charge in [-0.05, 0) is 25.0 Å². The van der Waals surface area contributed by atoms with Crippen molar-refractivity contribution in [2.45, 2.75) is 32.9 Å². The van der Waals surface area contributed by atoms with Gasteiger partial charge in [-0.3, -0.25) is 14.2 Å². The number of halogens is 3. The smallest absolute Gasteiger partial charge is 0.263 e. The first kappa shape index (κ1) is 26.2. The maximum Gasteiger partial charge on any atom is 0.263 e. The Balaban J connectivity index is 1.39. The van der Waals surface area contributed by atoms with Crippen LogP contribution in [0.5, 0.6) is 5.75 Å². The number of aryl methyl sites for hydroxylation is 2. The van der Waals surface area contributed by atoms with Gasteiger partial charge in [0, 0.05) is 49.4 Å². The molecule has 0 unspecified atom stereocenters. The molecular weight excluding hydrogens is 546 g/mol. The molecule has 5 heterocycles. The molecule has 6 rings (SSSR count). The molecule has 0 saturated carbocycles. The summed E-state index contributed by atoms with van der Waals surface area (Å²) >= 11 is 6.32. The Morgan fingerprint density at radius 2 is 1.95 bits per heavy atom. The van der Waals surface area contributed by atoms with Crippen molar-refractivity contribution in [1.82, 2.24) is 19.1 Å². The fourth-order valence-electron chi connectivity index (χ4n) is 5.23. The summed E-state index contributed by atoms with van der Waals surface area (Å²) in [5, 5.41) is 13.0. The molecule has 208 valence electrons. The first-order valence-corrected chi connectivity index (χ1v) is 13.2. The van der Waals surface area contributed by atoms with Crippen molar-refractivity contribution in [1.29, 1.82) is 0 Å². The number of morpholine rings is 1. The van der Waals surface area contributed by atoms with Crippen molar-refractivity contribution >= 4 is 40.0 Å². The van der Waals surface area contributed by atoms with Crippen molar-refractivity contribution in [3.63, 3.8) is 0 Å². The number of nitrogens with one attached hydrogen (secondary N) is 1. The topological polar surface area (TPSA) is 115 Å². The van der Waals surface area contributed by atoms with Crippen molar-refractivity contribution in [3.8, 4) is 16.9 Å². The number of phenolic OH excluding ortho intramolecular Hbond substituents is 1. The van der Waals surface area contributed by atoms with Crippen LogP contribution in [0, 0.1) is 18.6 Å². The molecule has 40 heavy (non-hydrogen) atoms. The van der Waals surface area contributed by atoms with Crippen LogP contribution in [0.25, 0.3) is 22.2 Å². The molecule has 1 fully saturated rings. The molecule has 0 radical (unpaired) electrons. The molecule has 0 atom stereocenters. The third kappa shape index (κ3) is 4.46. The summed E-state index contributed by atoms with van der Waals surface area (Å²) in [5.74, 6) is -2.78. The van der Waals surface area contributed by atoms with Gasteiger partial charge in [0.1, 0.15) is 23.8 Å². The van der Waals surface area contributed by atoms with E-state index in [9.17, 15) is 19.1 Å². The number of amides is 1. The van der Waals surface area contributed by atoms with Crippen LogP contribution in [0.1, 0.15) is 17.8 Å². The number of ether oxygens (including phenoxy) is 1. The number of hydrogen-bond donors (Lipinski definition) is 2. The van der Waals surface area contributed by atoms with E-state index in [1.54, 1.807) is 6.07 Å². The third-order valence-electron chi connectivity index (χ3n) is 7.26. The first-order chi connectivity index (χ1) is 19.2. The van der Waals surface area contributed by atoms with E-state index in [0.29, 0.717) is 56.6 Å². The highest BCUT2D eigenvalue weighted by molar-refractivity contribution is 6.33. The number of anilines is 2. The Labute approximate surface area is 231 Å². The summed E-state index contributed by atoms with van der Waals surface area (Å²) in [4.78, 5) is 37.7. The zero-order valence-corrected chi connectivity index (χ0v) is 22.3. The largest absolute Gasteiger partial charge is 0.505 e. The highest BCUT2D eigenvalue weighted by atomic mass is 35.5. The molecule has 0 spiro atoms. The van der Waals surface area contributed by atoms with Gasteiger partial charge in [0.25, 0.3) is 5.56 Å². The molecule has 0 aliphatic carbocycles. The van der Waals surface area contributed by atoms with E-state index in [1.165, 1.54) is 34.5 Å². The van der Waals surface area contributed by atoms with Gasteiger partial charge in [-0.15, -0.1) is 0 Å². The van der Waals surface area contributed by atoms with Crippen LogP contribution in [-0.4, -0.2) is 56.4 Å². The van der Waals surface area contributed by atoms with Gasteiger partial charge in [-0.1, -0.05) is 11.6 Å². The highest BCUT2D eigenvalue weighted by Crippen LogP contribution is 2.36. The molecule has 1 aromatic carbocycles. The minimum atomic E-state index is -1.41. The maximum absolute atomic E-state index is 15.1. The standard InChI is InChI=1S/C27H25ClF2N6O4/c1-14-9-15(23(29)24(30)25(14)38)16-12-35(26-22(16)27(39)36-4-2-3-19(36)33-26)13-21(37)32-18-10-20(31-11-17(18)28)34-5-7-40-8-6-34/h9-12,38H,2-8,13H2,1H3,(H,31,32,37). The van der Waals surface area contributed by atoms with Gasteiger partial charge in [0.05, 0.1) is 35.5 Å². The van der Waals surface area contributed by atoms with Crippen LogP contribution in [0.3, 0.4) is 0 Å². The zero-order valence-electron chi connectivity index (χ0n) is 21.5. The molecular formula is C27H25ClF2N6O4. The molecule has 2 aliphatic heterocycles. The summed E-state index contributed by atoms with van der Waals surface area (Å²) < 4.78 is 37.9. The minimum Gasteiger partial charge on any atom is -0.505 e. The number of aromatic hydroxyl groups is 1. The van der Waals surface area contributed by atoms with Gasteiger partial charge in [0.15, 0.2) is 11.6 Å². The van der Waals surface area contributed by atoms with Crippen molar-refractivity contribution in [2.75, 3.05) is 36.5 Å². The van der Waals surface area contributed by atoms with Crippen LogP contribution in [-0.2, 0) is 29.0 Å². The second-order valence-corrected chi connectivity index (χ2v) is 10.3. The molecule has 10 nitrogen and oxygen atoms in total. The Kier molecular flexibility index (Phi) is 6.67. The summed E-state index contributed by atoms with van der Waals surface area (Å²) in [6, 6.07) is 2.95. The Bertz CT molecular complexity index is 1730. The van der Waals surface area contributed by atoms with Gasteiger partial charge in [-0.2, -0.15) is 4.39 Å². The Hall–Kier alpha value is -4.03. The molecule has 2 aliphatic rings. The quantitative estimate of drug-likeness (QED) is 0.377.